The van der Waals surface area contributed by atoms with Crippen molar-refractivity contribution >= 4 is 11.6 Å². The fourth-order valence-corrected chi connectivity index (χ4v) is 3.00. The number of hydrogen-bond acceptors (Lipinski definition) is 3. The average molecular weight is 372 g/mol. The van der Waals surface area contributed by atoms with Crippen LogP contribution in [-0.2, 0) is 11.3 Å². The lowest BCUT2D eigenvalue weighted by Gasteiger charge is -2.23. The molecule has 0 aliphatic rings. The summed E-state index contributed by atoms with van der Waals surface area (Å²) in [4.78, 5) is 13.8. The van der Waals surface area contributed by atoms with Crippen LogP contribution in [0.4, 0.5) is 5.69 Å². The monoisotopic (exact) mass is 371 g/mol. The zero-order chi connectivity index (χ0) is 20.1. The molecule has 0 saturated carbocycles. The number of rotatable bonds is 7. The molecule has 5 nitrogen and oxygen atoms in total. The van der Waals surface area contributed by atoms with E-state index >= 15 is 0 Å². The Hall–Kier alpha value is -2.53. The molecule has 5 heteroatoms. The number of quaternary nitrogens is 1. The molecule has 1 amide bonds. The summed E-state index contributed by atoms with van der Waals surface area (Å²) >= 11 is 0. The molecular formula is C22H31N2O3+. The summed E-state index contributed by atoms with van der Waals surface area (Å²) in [6, 6.07) is 9.85. The fraction of sp³-hybridized carbons (Fsp3) is 0.409. The van der Waals surface area contributed by atoms with Crippen molar-refractivity contribution in [1.82, 2.24) is 0 Å². The van der Waals surface area contributed by atoms with Crippen LogP contribution in [-0.4, -0.2) is 33.2 Å². The molecule has 0 fully saturated rings. The summed E-state index contributed by atoms with van der Waals surface area (Å²) in [5, 5.41) is 3.07. The Kier molecular flexibility index (Phi) is 6.86. The molecular weight excluding hydrogens is 340 g/mol. The van der Waals surface area contributed by atoms with Gasteiger partial charge in [-0.25, -0.2) is 0 Å². The third-order valence-electron chi connectivity index (χ3n) is 5.09. The van der Waals surface area contributed by atoms with E-state index in [1.807, 2.05) is 65.1 Å². The van der Waals surface area contributed by atoms with Crippen molar-refractivity contribution in [1.29, 1.82) is 0 Å². The maximum absolute atomic E-state index is 12.7. The molecule has 2 rings (SSSR count). The lowest BCUT2D eigenvalue weighted by molar-refractivity contribution is -0.907. The summed E-state index contributed by atoms with van der Waals surface area (Å²) in [5.41, 5.74) is 5.33. The summed E-state index contributed by atoms with van der Waals surface area (Å²) in [7, 11) is 5.30. The first-order valence-corrected chi connectivity index (χ1v) is 9.18. The maximum Gasteiger partial charge on any atom is 0.282 e. The van der Waals surface area contributed by atoms with Crippen LogP contribution in [0.1, 0.15) is 29.2 Å². The van der Waals surface area contributed by atoms with Crippen LogP contribution in [0, 0.1) is 20.8 Å². The molecule has 0 aliphatic carbocycles. The van der Waals surface area contributed by atoms with Gasteiger partial charge in [0.2, 0.25) is 0 Å². The van der Waals surface area contributed by atoms with E-state index in [4.69, 9.17) is 9.47 Å². The van der Waals surface area contributed by atoms with E-state index < -0.39 is 0 Å². The number of likely N-dealkylation sites (N-methyl/N-ethyl adjacent to an activating group) is 1. The minimum absolute atomic E-state index is 0.0133. The van der Waals surface area contributed by atoms with Gasteiger partial charge in [0.15, 0.2) is 17.5 Å². The van der Waals surface area contributed by atoms with Crippen LogP contribution in [0.3, 0.4) is 0 Å². The summed E-state index contributed by atoms with van der Waals surface area (Å²) in [6.07, 6.45) is 0. The van der Waals surface area contributed by atoms with Gasteiger partial charge < -0.3 is 19.7 Å². The predicted molar refractivity (Wildman–Crippen MR) is 109 cm³/mol. The Morgan fingerprint density at radius 3 is 2.30 bits per heavy atom. The molecule has 2 N–H and O–H groups in total. The Morgan fingerprint density at radius 1 is 1.04 bits per heavy atom. The van der Waals surface area contributed by atoms with E-state index in [1.165, 1.54) is 0 Å². The third kappa shape index (κ3) is 5.01. The van der Waals surface area contributed by atoms with Gasteiger partial charge in [0.25, 0.3) is 5.91 Å². The molecule has 2 aromatic rings. The van der Waals surface area contributed by atoms with E-state index in [-0.39, 0.29) is 11.9 Å². The van der Waals surface area contributed by atoms with E-state index in [2.05, 4.69) is 5.32 Å². The van der Waals surface area contributed by atoms with Crippen LogP contribution in [0.25, 0.3) is 0 Å². The second kappa shape index (κ2) is 8.91. The predicted octanol–water partition coefficient (Wildman–Crippen LogP) is 2.67. The number of anilines is 1. The van der Waals surface area contributed by atoms with Crippen LogP contribution < -0.4 is 19.7 Å². The normalized spacial score (nSPS) is 13.0. The molecule has 0 aliphatic heterocycles. The number of ether oxygens (including phenoxy) is 2. The maximum atomic E-state index is 12.7. The van der Waals surface area contributed by atoms with Crippen molar-refractivity contribution in [3.63, 3.8) is 0 Å². The number of benzene rings is 2. The number of aryl methyl sites for hydroxylation is 3. The van der Waals surface area contributed by atoms with Crippen molar-refractivity contribution < 1.29 is 19.2 Å². The average Bonchev–Trinajstić information content (AvgIpc) is 2.65. The number of carbonyl (C=O) groups excluding carboxylic acids is 1. The van der Waals surface area contributed by atoms with Gasteiger partial charge in [-0.1, -0.05) is 12.1 Å². The van der Waals surface area contributed by atoms with E-state index in [0.717, 1.165) is 38.6 Å². The quantitative estimate of drug-likeness (QED) is 0.787. The van der Waals surface area contributed by atoms with Crippen molar-refractivity contribution in [2.45, 2.75) is 40.3 Å². The zero-order valence-electron chi connectivity index (χ0n) is 17.4. The first-order valence-electron chi connectivity index (χ1n) is 9.18. The molecule has 2 aromatic carbocycles. The van der Waals surface area contributed by atoms with Gasteiger partial charge in [-0.15, -0.1) is 0 Å². The summed E-state index contributed by atoms with van der Waals surface area (Å²) in [5.74, 6) is 1.44. The van der Waals surface area contributed by atoms with E-state index in [0.29, 0.717) is 12.3 Å². The van der Waals surface area contributed by atoms with Gasteiger partial charge in [0.1, 0.15) is 6.54 Å². The first kappa shape index (κ1) is 20.8. The number of carbonyl (C=O) groups is 1. The second-order valence-corrected chi connectivity index (χ2v) is 7.19. The lowest BCUT2D eigenvalue weighted by atomic mass is 10.1. The standard InChI is InChI=1S/C22H30N2O3/c1-14-8-9-15(2)19(10-14)23-22(25)17(4)24(5)13-18-12-21(27-7)20(26-6)11-16(18)3/h8-12,17H,13H2,1-7H3,(H,23,25)/p+1/t17-/m1/s1. The number of amides is 1. The van der Waals surface area contributed by atoms with E-state index in [9.17, 15) is 4.79 Å². The van der Waals surface area contributed by atoms with Crippen LogP contribution in [0.2, 0.25) is 0 Å². The Balaban J connectivity index is 2.12. The number of hydrogen-bond donors (Lipinski definition) is 2. The smallest absolute Gasteiger partial charge is 0.282 e. The molecule has 0 spiro atoms. The Bertz CT molecular complexity index is 817. The highest BCUT2D eigenvalue weighted by Crippen LogP contribution is 2.29. The van der Waals surface area contributed by atoms with Crippen molar-refractivity contribution in [3.05, 3.63) is 52.6 Å². The Labute approximate surface area is 162 Å². The molecule has 0 bridgehead atoms. The second-order valence-electron chi connectivity index (χ2n) is 7.19. The van der Waals surface area contributed by atoms with Crippen LogP contribution in [0.15, 0.2) is 30.3 Å². The first-order chi connectivity index (χ1) is 12.8. The SMILES string of the molecule is COc1cc(C)c(C[NH+](C)[C@H](C)C(=O)Nc2cc(C)ccc2C)cc1OC. The molecule has 1 unspecified atom stereocenters. The minimum atomic E-state index is -0.197. The van der Waals surface area contributed by atoms with Gasteiger partial charge in [-0.3, -0.25) is 4.79 Å². The molecule has 0 heterocycles. The van der Waals surface area contributed by atoms with Gasteiger partial charge in [0.05, 0.1) is 21.3 Å². The Morgan fingerprint density at radius 2 is 1.67 bits per heavy atom. The van der Waals surface area contributed by atoms with Crippen molar-refractivity contribution in [2.75, 3.05) is 26.6 Å². The van der Waals surface area contributed by atoms with Gasteiger partial charge >= 0.3 is 0 Å². The van der Waals surface area contributed by atoms with Gasteiger partial charge in [0, 0.05) is 11.3 Å². The molecule has 0 radical (unpaired) electrons. The molecule has 0 saturated heterocycles. The fourth-order valence-electron chi connectivity index (χ4n) is 3.00. The van der Waals surface area contributed by atoms with Crippen LogP contribution >= 0.6 is 0 Å². The summed E-state index contributed by atoms with van der Waals surface area (Å²) < 4.78 is 10.8. The topological polar surface area (TPSA) is 52.0 Å². The molecule has 0 aromatic heterocycles. The number of nitrogens with one attached hydrogen (secondary N) is 2. The molecule has 2 atom stereocenters. The van der Waals surface area contributed by atoms with Crippen LogP contribution in [0.5, 0.6) is 11.5 Å². The highest BCUT2D eigenvalue weighted by atomic mass is 16.5. The third-order valence-corrected chi connectivity index (χ3v) is 5.09. The minimum Gasteiger partial charge on any atom is -0.493 e. The highest BCUT2D eigenvalue weighted by Gasteiger charge is 2.23. The van der Waals surface area contributed by atoms with E-state index in [1.54, 1.807) is 14.2 Å². The van der Waals surface area contributed by atoms with Crippen molar-refractivity contribution in [3.8, 4) is 11.5 Å². The highest BCUT2D eigenvalue weighted by molar-refractivity contribution is 5.94. The van der Waals surface area contributed by atoms with Crippen molar-refractivity contribution in [2.24, 2.45) is 0 Å². The van der Waals surface area contributed by atoms with Gasteiger partial charge in [-0.2, -0.15) is 0 Å². The molecule has 146 valence electrons. The molecule has 27 heavy (non-hydrogen) atoms. The number of methoxy groups -OCH3 is 2. The summed E-state index contributed by atoms with van der Waals surface area (Å²) in [6.45, 7) is 8.74. The largest absolute Gasteiger partial charge is 0.493 e. The lowest BCUT2D eigenvalue weighted by Crippen LogP contribution is -3.12. The van der Waals surface area contributed by atoms with Gasteiger partial charge in [-0.05, 0) is 62.6 Å². The zero-order valence-corrected chi connectivity index (χ0v) is 17.4.